The second-order valence-electron chi connectivity index (χ2n) is 28.1. The van der Waals surface area contributed by atoms with Crippen LogP contribution in [0.2, 0.25) is 0 Å². The average molecular weight is 1340 g/mol. The van der Waals surface area contributed by atoms with Gasteiger partial charge in [0.25, 0.3) is 0 Å². The van der Waals surface area contributed by atoms with Gasteiger partial charge in [0.15, 0.2) is 5.79 Å². The number of rotatable bonds is 24. The number of hydrogen-bond acceptors (Lipinski definition) is 22. The van der Waals surface area contributed by atoms with E-state index in [9.17, 15) is 37.5 Å². The Morgan fingerprint density at radius 3 is 2.31 bits per heavy atom. The zero-order valence-electron chi connectivity index (χ0n) is 54.9. The van der Waals surface area contributed by atoms with Gasteiger partial charge in [0.05, 0.1) is 79.9 Å². The van der Waals surface area contributed by atoms with Crippen molar-refractivity contribution in [3.05, 3.63) is 42.9 Å². The number of methoxy groups -OCH3 is 1. The normalized spacial score (nSPS) is 34.9. The van der Waals surface area contributed by atoms with Crippen LogP contribution in [0, 0.1) is 17.8 Å². The predicted octanol–water partition coefficient (Wildman–Crippen LogP) is 3.18. The van der Waals surface area contributed by atoms with Crippen LogP contribution in [0.1, 0.15) is 149 Å². The molecule has 21 atom stereocenters. The number of aryl methyl sites for hydroxylation is 1. The SMILES string of the molecule is C=C1C[C@@H]2CC[C@@]34CC5O[C@H]6[C@@H](O3)[C@H]3O[C@H](CC[C@@H]3O[C@H]6[C@H]5O4)CC(=O)C[C@@H]3[C@@H](OC)[C@@H](C[C@H](O)CNC(=O)CNC(=O)[C@H](CCCCN)NC(=O)[C@@H](NC(=O)CCCCCn4cc(-c5cnc(S(C)(=O)=O)nc5)nn4)C(C)C)O[C@H]3C[C@H]3O[C@@H](CCC1O2)C[C@@H](C)C3=C. The van der Waals surface area contributed by atoms with Gasteiger partial charge in [0.2, 0.25) is 38.6 Å². The van der Waals surface area contributed by atoms with Gasteiger partial charge in [-0.1, -0.05) is 45.6 Å². The molecule has 10 fully saturated rings. The van der Waals surface area contributed by atoms with Crippen molar-refractivity contribution in [1.29, 1.82) is 0 Å². The molecular formula is C66H98N10O17S. The Labute approximate surface area is 550 Å². The van der Waals surface area contributed by atoms with Gasteiger partial charge < -0.3 is 74.7 Å². The zero-order valence-corrected chi connectivity index (χ0v) is 55.8. The number of carbonyl (C=O) groups is 5. The van der Waals surface area contributed by atoms with Crippen LogP contribution in [-0.4, -0.2) is 216 Å². The van der Waals surface area contributed by atoms with E-state index < -0.39 is 101 Å². The Hall–Kier alpha value is -5.24. The number of aromatic nitrogens is 5. The molecule has 520 valence electrons. The molecule has 27 nitrogen and oxygen atoms in total. The number of hydrogen-bond donors (Lipinski definition) is 6. The van der Waals surface area contributed by atoms with Crippen LogP contribution in [0.15, 0.2) is 48.1 Å². The molecule has 2 aromatic heterocycles. The van der Waals surface area contributed by atoms with Gasteiger partial charge in [0.1, 0.15) is 54.1 Å². The summed E-state index contributed by atoms with van der Waals surface area (Å²) in [5, 5.41) is 30.6. The summed E-state index contributed by atoms with van der Waals surface area (Å²) < 4.78 is 86.0. The Balaban J connectivity index is 0.670. The molecule has 2 aromatic rings. The number of sulfone groups is 1. The van der Waals surface area contributed by atoms with Crippen molar-refractivity contribution >= 4 is 39.2 Å². The number of aliphatic hydroxyl groups is 1. The molecule has 28 heteroatoms. The lowest BCUT2D eigenvalue weighted by Crippen LogP contribution is -2.61. The molecule has 10 aliphatic heterocycles. The van der Waals surface area contributed by atoms with E-state index in [1.54, 1.807) is 31.8 Å². The Morgan fingerprint density at radius 1 is 0.798 bits per heavy atom. The van der Waals surface area contributed by atoms with Crippen LogP contribution in [0.4, 0.5) is 0 Å². The number of ketones is 1. The molecule has 1 spiro atoms. The Kier molecular flexibility index (Phi) is 22.9. The van der Waals surface area contributed by atoms with Crippen LogP contribution in [0.3, 0.4) is 0 Å². The first-order valence-corrected chi connectivity index (χ1v) is 36.1. The van der Waals surface area contributed by atoms with Gasteiger partial charge in [-0.2, -0.15) is 0 Å². The summed E-state index contributed by atoms with van der Waals surface area (Å²) in [6, 6.07) is -2.00. The van der Waals surface area contributed by atoms with Crippen molar-refractivity contribution in [2.75, 3.05) is 33.0 Å². The van der Waals surface area contributed by atoms with E-state index in [1.165, 1.54) is 12.4 Å². The van der Waals surface area contributed by atoms with Crippen LogP contribution < -0.4 is 27.0 Å². The summed E-state index contributed by atoms with van der Waals surface area (Å²) >= 11 is 0. The summed E-state index contributed by atoms with van der Waals surface area (Å²) in [6.07, 6.45) is 9.97. The van der Waals surface area contributed by atoms with Gasteiger partial charge in [-0.25, -0.2) is 18.4 Å². The number of ether oxygens (including phenoxy) is 9. The van der Waals surface area contributed by atoms with Crippen molar-refractivity contribution in [2.24, 2.45) is 23.5 Å². The first-order valence-electron chi connectivity index (χ1n) is 34.2. The number of carbonyl (C=O) groups excluding carboxylic acids is 5. The molecule has 0 aromatic carbocycles. The fraction of sp³-hybridized carbons (Fsp3) is 0.773. The maximum Gasteiger partial charge on any atom is 0.246 e. The standard InChI is InChI=1S/C66H98N10O17S/c1-35(2)56(73-54(79)14-9-8-12-22-76-34-47(74-75-76)39-30-70-65(71-31-39)94(7,83)84)64(82)72-46(13-10-11-21-67)63(81)69-33-55(80)68-32-41(78)27-52-57(85-6)45-26-40(77)25-43-16-18-49-58(88-43)62-61-60(90-49)59-53(91-61)29-66(92-59,93-62)20-19-44-24-37(4)48(86-44)17-15-42-23-36(3)38(5)50(87-42)28-51(45)89-52/h30-31,34-36,41-46,48-53,56-62,78H,4-5,8-29,32-33,67H2,1-3,6-7H3,(H,68,80)(H,69,81)(H,72,82)(H,73,79)/t36-,41+,42+,43-,44+,45+,46+,48?,49+,50-,51+,52-,53?,56+,57-,58+,59+,60+,61-,62+,66+/m1/s1. The third-order valence-corrected chi connectivity index (χ3v) is 21.5. The number of unbranched alkanes of at least 4 members (excludes halogenated alkanes) is 3. The monoisotopic (exact) mass is 1330 g/mol. The first kappa shape index (κ1) is 70.1. The second-order valence-corrected chi connectivity index (χ2v) is 30.0. The number of nitrogens with one attached hydrogen (secondary N) is 4. The highest BCUT2D eigenvalue weighted by atomic mass is 32.2. The number of nitrogens with two attached hydrogens (primary N) is 1. The number of Topliss-reactive ketones (excluding diaryl/α,β-unsaturated/α-hetero) is 1. The summed E-state index contributed by atoms with van der Waals surface area (Å²) in [4.78, 5) is 76.5. The molecule has 7 N–H and O–H groups in total. The van der Waals surface area contributed by atoms with Crippen molar-refractivity contribution in [1.82, 2.24) is 46.2 Å². The number of nitrogens with zero attached hydrogens (tertiary/aromatic N) is 5. The van der Waals surface area contributed by atoms with Crippen molar-refractivity contribution < 1.29 is 80.1 Å². The molecule has 0 saturated carbocycles. The van der Waals surface area contributed by atoms with Gasteiger partial charge in [-0.05, 0) is 107 Å². The zero-order chi connectivity index (χ0) is 66.6. The third-order valence-electron chi connectivity index (χ3n) is 20.6. The van der Waals surface area contributed by atoms with Gasteiger partial charge >= 0.3 is 0 Å². The minimum atomic E-state index is -3.55. The molecule has 10 saturated heterocycles. The molecule has 12 bridgehead atoms. The smallest absolute Gasteiger partial charge is 0.246 e. The largest absolute Gasteiger partial charge is 0.391 e. The molecular weight excluding hydrogens is 1240 g/mol. The maximum absolute atomic E-state index is 14.6. The van der Waals surface area contributed by atoms with Crippen LogP contribution >= 0.6 is 0 Å². The first-order chi connectivity index (χ1) is 45.0. The predicted molar refractivity (Wildman–Crippen MR) is 337 cm³/mol. The lowest BCUT2D eigenvalue weighted by atomic mass is 9.81. The van der Waals surface area contributed by atoms with E-state index in [-0.39, 0.29) is 122 Å². The minimum absolute atomic E-state index is 0.00948. The van der Waals surface area contributed by atoms with E-state index in [0.29, 0.717) is 88.6 Å². The van der Waals surface area contributed by atoms with E-state index in [0.717, 1.165) is 49.5 Å². The molecule has 0 radical (unpaired) electrons. The molecule has 12 rings (SSSR count). The summed E-state index contributed by atoms with van der Waals surface area (Å²) in [5.74, 6) is -3.54. The van der Waals surface area contributed by atoms with E-state index >= 15 is 0 Å². The lowest BCUT2D eigenvalue weighted by Gasteiger charge is -2.47. The minimum Gasteiger partial charge on any atom is -0.391 e. The molecule has 0 aliphatic carbocycles. The van der Waals surface area contributed by atoms with E-state index in [2.05, 4.69) is 61.6 Å². The van der Waals surface area contributed by atoms with Crippen molar-refractivity contribution in [3.8, 4) is 11.3 Å². The number of amides is 4. The van der Waals surface area contributed by atoms with Crippen molar-refractivity contribution in [2.45, 2.75) is 276 Å². The highest BCUT2D eigenvalue weighted by molar-refractivity contribution is 7.90. The van der Waals surface area contributed by atoms with Gasteiger partial charge in [-0.15, -0.1) is 5.10 Å². The molecule has 10 aliphatic rings. The fourth-order valence-electron chi connectivity index (χ4n) is 15.6. The quantitative estimate of drug-likeness (QED) is 0.0499. The second kappa shape index (κ2) is 30.7. The van der Waals surface area contributed by atoms with Crippen LogP contribution in [-0.2, 0) is 83.0 Å². The maximum atomic E-state index is 14.6. The summed E-state index contributed by atoms with van der Waals surface area (Å²) in [7, 11) is -1.97. The van der Waals surface area contributed by atoms with Gasteiger partial charge in [-0.3, -0.25) is 28.7 Å². The van der Waals surface area contributed by atoms with Crippen LogP contribution in [0.25, 0.3) is 11.3 Å². The molecule has 94 heavy (non-hydrogen) atoms. The Bertz CT molecular complexity index is 3140. The van der Waals surface area contributed by atoms with E-state index in [1.807, 2.05) is 0 Å². The highest BCUT2D eigenvalue weighted by Crippen LogP contribution is 2.54. The van der Waals surface area contributed by atoms with Gasteiger partial charge in [0, 0.05) is 95.3 Å². The number of fused-ring (bicyclic) bond motifs is 6. The lowest BCUT2D eigenvalue weighted by molar-refractivity contribution is -0.292. The fourth-order valence-corrected chi connectivity index (χ4v) is 16.1. The Morgan fingerprint density at radius 2 is 1.54 bits per heavy atom. The van der Waals surface area contributed by atoms with E-state index in [4.69, 9.17) is 48.4 Å². The molecule has 2 unspecified atom stereocenters. The summed E-state index contributed by atoms with van der Waals surface area (Å²) in [5.41, 5.74) is 8.82. The highest BCUT2D eigenvalue weighted by Gasteiger charge is 2.69. The third kappa shape index (κ3) is 16.7. The molecule has 4 amide bonds. The van der Waals surface area contributed by atoms with Crippen LogP contribution in [0.5, 0.6) is 0 Å². The molecule has 12 heterocycles. The van der Waals surface area contributed by atoms with Crippen molar-refractivity contribution in [3.63, 3.8) is 0 Å². The number of aliphatic hydroxyl groups excluding tert-OH is 1. The topological polar surface area (TPSA) is 353 Å². The summed E-state index contributed by atoms with van der Waals surface area (Å²) in [6.45, 7) is 15.0. The average Bonchev–Trinajstić information content (AvgIpc) is 1.54.